The second kappa shape index (κ2) is 12.8. The third-order valence-corrected chi connectivity index (χ3v) is 8.32. The number of aryl methyl sites for hydroxylation is 3. The van der Waals surface area contributed by atoms with Gasteiger partial charge in [-0.1, -0.05) is 35.9 Å². The first-order valence-electron chi connectivity index (χ1n) is 13.5. The van der Waals surface area contributed by atoms with E-state index in [1.807, 2.05) is 53.7 Å². The normalized spacial score (nSPS) is 12.4. The van der Waals surface area contributed by atoms with Crippen LogP contribution < -0.4 is 14.4 Å². The summed E-state index contributed by atoms with van der Waals surface area (Å²) in [6.07, 6.45) is 0. The number of methoxy groups -OCH3 is 1. The standard InChI is InChI=1S/C32H41N3O5S/c1-22-12-14-29(15-13-22)41(38,39)35(27-17-23(2)16-24(3)18-27)21-30(36)34(25(4)31(37)33-32(5,6)7)20-26-10-9-11-28(19-26)40-8/h9-19,25H,20-21H2,1-8H3,(H,33,37). The number of rotatable bonds is 10. The molecule has 3 rings (SSSR count). The van der Waals surface area contributed by atoms with Gasteiger partial charge in [0, 0.05) is 12.1 Å². The van der Waals surface area contributed by atoms with Crippen molar-refractivity contribution in [1.29, 1.82) is 0 Å². The van der Waals surface area contributed by atoms with Crippen LogP contribution in [0.2, 0.25) is 0 Å². The van der Waals surface area contributed by atoms with Crippen molar-refractivity contribution >= 4 is 27.5 Å². The van der Waals surface area contributed by atoms with E-state index in [2.05, 4.69) is 5.32 Å². The number of amides is 2. The molecule has 0 bridgehead atoms. The summed E-state index contributed by atoms with van der Waals surface area (Å²) in [5, 5.41) is 2.93. The van der Waals surface area contributed by atoms with Gasteiger partial charge in [-0.15, -0.1) is 0 Å². The Kier molecular flexibility index (Phi) is 9.86. The Bertz CT molecular complexity index is 1470. The third-order valence-electron chi connectivity index (χ3n) is 6.53. The molecule has 0 heterocycles. The lowest BCUT2D eigenvalue weighted by Crippen LogP contribution is -2.54. The summed E-state index contributed by atoms with van der Waals surface area (Å²) in [6, 6.07) is 18.3. The van der Waals surface area contributed by atoms with Crippen LogP contribution in [0.1, 0.15) is 49.9 Å². The number of hydrogen-bond acceptors (Lipinski definition) is 5. The summed E-state index contributed by atoms with van der Waals surface area (Å²) in [4.78, 5) is 28.8. The van der Waals surface area contributed by atoms with Crippen LogP contribution in [-0.2, 0) is 26.2 Å². The number of sulfonamides is 1. The highest BCUT2D eigenvalue weighted by Crippen LogP contribution is 2.27. The predicted octanol–water partition coefficient (Wildman–Crippen LogP) is 5.15. The average molecular weight is 580 g/mol. The maximum absolute atomic E-state index is 14.1. The lowest BCUT2D eigenvalue weighted by molar-refractivity contribution is -0.140. The van der Waals surface area contributed by atoms with Crippen LogP contribution in [-0.4, -0.2) is 50.4 Å². The van der Waals surface area contributed by atoms with E-state index in [-0.39, 0.29) is 17.3 Å². The van der Waals surface area contributed by atoms with Crippen LogP contribution in [0, 0.1) is 20.8 Å². The van der Waals surface area contributed by atoms with Gasteiger partial charge >= 0.3 is 0 Å². The zero-order valence-corrected chi connectivity index (χ0v) is 26.0. The van der Waals surface area contributed by atoms with Crippen LogP contribution in [0.3, 0.4) is 0 Å². The molecule has 0 aromatic heterocycles. The highest BCUT2D eigenvalue weighted by molar-refractivity contribution is 7.92. The van der Waals surface area contributed by atoms with Crippen LogP contribution in [0.25, 0.3) is 0 Å². The van der Waals surface area contributed by atoms with Crippen LogP contribution >= 0.6 is 0 Å². The second-order valence-corrected chi connectivity index (χ2v) is 13.3. The minimum Gasteiger partial charge on any atom is -0.497 e. The smallest absolute Gasteiger partial charge is 0.264 e. The summed E-state index contributed by atoms with van der Waals surface area (Å²) in [5.41, 5.74) is 3.25. The molecule has 3 aromatic carbocycles. The number of carbonyl (C=O) groups excluding carboxylic acids is 2. The van der Waals surface area contributed by atoms with Crippen molar-refractivity contribution in [2.45, 2.75) is 71.5 Å². The first-order chi connectivity index (χ1) is 19.1. The molecule has 0 spiro atoms. The minimum atomic E-state index is -4.13. The summed E-state index contributed by atoms with van der Waals surface area (Å²) in [5.74, 6) is -0.243. The van der Waals surface area contributed by atoms with Crippen LogP contribution in [0.15, 0.2) is 71.6 Å². The number of carbonyl (C=O) groups is 2. The van der Waals surface area contributed by atoms with Gasteiger partial charge in [0.2, 0.25) is 11.8 Å². The fourth-order valence-corrected chi connectivity index (χ4v) is 5.88. The number of anilines is 1. The topological polar surface area (TPSA) is 96.0 Å². The van der Waals surface area contributed by atoms with Crippen molar-refractivity contribution in [2.24, 2.45) is 0 Å². The summed E-state index contributed by atoms with van der Waals surface area (Å²) in [7, 11) is -2.57. The lowest BCUT2D eigenvalue weighted by atomic mass is 10.1. The highest BCUT2D eigenvalue weighted by atomic mass is 32.2. The van der Waals surface area contributed by atoms with Crippen molar-refractivity contribution in [3.05, 3.63) is 89.0 Å². The van der Waals surface area contributed by atoms with E-state index in [0.29, 0.717) is 11.4 Å². The molecule has 220 valence electrons. The van der Waals surface area contributed by atoms with Crippen LogP contribution in [0.4, 0.5) is 5.69 Å². The van der Waals surface area contributed by atoms with Gasteiger partial charge in [-0.2, -0.15) is 0 Å². The summed E-state index contributed by atoms with van der Waals surface area (Å²) >= 11 is 0. The Morgan fingerprint density at radius 1 is 0.902 bits per heavy atom. The molecular formula is C32H41N3O5S. The molecule has 1 unspecified atom stereocenters. The van der Waals surface area contributed by atoms with Gasteiger partial charge in [0.05, 0.1) is 17.7 Å². The molecule has 0 fully saturated rings. The molecule has 0 radical (unpaired) electrons. The van der Waals surface area contributed by atoms with Gasteiger partial charge in [-0.05, 0) is 102 Å². The second-order valence-electron chi connectivity index (χ2n) is 11.5. The fourth-order valence-electron chi connectivity index (χ4n) is 4.49. The maximum atomic E-state index is 14.1. The van der Waals surface area contributed by atoms with Crippen molar-refractivity contribution in [3.63, 3.8) is 0 Å². The van der Waals surface area contributed by atoms with E-state index in [0.717, 1.165) is 26.6 Å². The minimum absolute atomic E-state index is 0.0768. The molecule has 0 aliphatic carbocycles. The van der Waals surface area contributed by atoms with Gasteiger partial charge in [-0.3, -0.25) is 13.9 Å². The Morgan fingerprint density at radius 2 is 1.51 bits per heavy atom. The van der Waals surface area contributed by atoms with Crippen LogP contribution in [0.5, 0.6) is 5.75 Å². The Balaban J connectivity index is 2.08. The molecule has 3 aromatic rings. The zero-order valence-electron chi connectivity index (χ0n) is 25.2. The summed E-state index contributed by atoms with van der Waals surface area (Å²) in [6.45, 7) is 12.5. The first kappa shape index (κ1) is 31.7. The quantitative estimate of drug-likeness (QED) is 0.359. The van der Waals surface area contributed by atoms with Crippen molar-refractivity contribution < 1.29 is 22.7 Å². The molecule has 9 heteroatoms. The van der Waals surface area contributed by atoms with Gasteiger partial charge in [0.25, 0.3) is 10.0 Å². The molecule has 41 heavy (non-hydrogen) atoms. The van der Waals surface area contributed by atoms with E-state index in [4.69, 9.17) is 4.74 Å². The number of ether oxygens (including phenoxy) is 1. The number of nitrogens with one attached hydrogen (secondary N) is 1. The molecule has 8 nitrogen and oxygen atoms in total. The molecule has 0 saturated carbocycles. The van der Waals surface area contributed by atoms with E-state index in [1.165, 1.54) is 17.0 Å². The number of hydrogen-bond donors (Lipinski definition) is 1. The van der Waals surface area contributed by atoms with Crippen molar-refractivity contribution in [3.8, 4) is 5.75 Å². The fraction of sp³-hybridized carbons (Fsp3) is 0.375. The van der Waals surface area contributed by atoms with E-state index < -0.39 is 34.1 Å². The molecule has 0 aliphatic heterocycles. The first-order valence-corrected chi connectivity index (χ1v) is 15.0. The third kappa shape index (κ3) is 8.33. The van der Waals surface area contributed by atoms with Gasteiger partial charge in [0.15, 0.2) is 0 Å². The average Bonchev–Trinajstić information content (AvgIpc) is 2.88. The molecule has 0 aliphatic rings. The summed E-state index contributed by atoms with van der Waals surface area (Å²) < 4.78 is 34.5. The molecule has 0 saturated heterocycles. The highest BCUT2D eigenvalue weighted by Gasteiger charge is 2.33. The monoisotopic (exact) mass is 579 g/mol. The number of nitrogens with zero attached hydrogens (tertiary/aromatic N) is 2. The number of benzene rings is 3. The van der Waals surface area contributed by atoms with Gasteiger partial charge in [0.1, 0.15) is 18.3 Å². The molecule has 1 N–H and O–H groups in total. The Labute approximate surface area is 244 Å². The zero-order chi connectivity index (χ0) is 30.5. The molecule has 1 atom stereocenters. The van der Waals surface area contributed by atoms with E-state index in [1.54, 1.807) is 56.5 Å². The van der Waals surface area contributed by atoms with Gasteiger partial charge < -0.3 is 15.0 Å². The maximum Gasteiger partial charge on any atom is 0.264 e. The molecular weight excluding hydrogens is 538 g/mol. The van der Waals surface area contributed by atoms with E-state index >= 15 is 0 Å². The predicted molar refractivity (Wildman–Crippen MR) is 163 cm³/mol. The SMILES string of the molecule is COc1cccc(CN(C(=O)CN(c2cc(C)cc(C)c2)S(=O)(=O)c2ccc(C)cc2)C(C)C(=O)NC(C)(C)C)c1. The van der Waals surface area contributed by atoms with Gasteiger partial charge in [-0.25, -0.2) is 8.42 Å². The van der Waals surface area contributed by atoms with Crippen molar-refractivity contribution in [2.75, 3.05) is 18.0 Å². The molecule has 2 amide bonds. The lowest BCUT2D eigenvalue weighted by Gasteiger charge is -2.33. The Morgan fingerprint density at radius 3 is 2.07 bits per heavy atom. The Hall–Kier alpha value is -3.85. The largest absolute Gasteiger partial charge is 0.497 e. The van der Waals surface area contributed by atoms with E-state index in [9.17, 15) is 18.0 Å². The van der Waals surface area contributed by atoms with Crippen molar-refractivity contribution in [1.82, 2.24) is 10.2 Å².